The lowest BCUT2D eigenvalue weighted by Gasteiger charge is -2.21. The Hall–Kier alpha value is -2.40. The molecule has 1 heterocycles. The van der Waals surface area contributed by atoms with Gasteiger partial charge in [-0.15, -0.1) is 0 Å². The highest BCUT2D eigenvalue weighted by Gasteiger charge is 2.29. The summed E-state index contributed by atoms with van der Waals surface area (Å²) in [6.07, 6.45) is 0.693. The standard InChI is InChI=1S/C22H23Cl3N2O7S/c1-12(21(28)27-6-4-5-7-27)34-22(29)13-8-20(16(25)9-14(13)23)35(30,31)26-17-10-15(24)18(32-2)11-19(17)33-3/h8-12,26H,4-7H2,1-3H3/t12-/m1/s1. The first-order valence-electron chi connectivity index (χ1n) is 10.4. The molecule has 190 valence electrons. The second-order valence-electron chi connectivity index (χ2n) is 7.63. The van der Waals surface area contributed by atoms with Crippen molar-refractivity contribution in [3.8, 4) is 11.5 Å². The van der Waals surface area contributed by atoms with Gasteiger partial charge in [0.2, 0.25) is 0 Å². The third-order valence-electron chi connectivity index (χ3n) is 5.30. The molecule has 0 unspecified atom stereocenters. The Morgan fingerprint density at radius 2 is 1.57 bits per heavy atom. The van der Waals surface area contributed by atoms with Gasteiger partial charge in [-0.3, -0.25) is 9.52 Å². The number of benzene rings is 2. The summed E-state index contributed by atoms with van der Waals surface area (Å²) in [4.78, 5) is 26.4. The van der Waals surface area contributed by atoms with Gasteiger partial charge in [0.15, 0.2) is 6.10 Å². The van der Waals surface area contributed by atoms with Crippen LogP contribution in [0.2, 0.25) is 15.1 Å². The summed E-state index contributed by atoms with van der Waals surface area (Å²) in [5, 5.41) is -0.238. The SMILES string of the molecule is COc1cc(OC)c(NS(=O)(=O)c2cc(C(=O)O[C@H](C)C(=O)N3CCCC3)c(Cl)cc2Cl)cc1Cl. The Balaban J connectivity index is 1.89. The van der Waals surface area contributed by atoms with Crippen molar-refractivity contribution in [1.29, 1.82) is 0 Å². The average molecular weight is 566 g/mol. The van der Waals surface area contributed by atoms with E-state index in [2.05, 4.69) is 4.72 Å². The highest BCUT2D eigenvalue weighted by atomic mass is 35.5. The largest absolute Gasteiger partial charge is 0.495 e. The van der Waals surface area contributed by atoms with Crippen LogP contribution in [-0.2, 0) is 19.6 Å². The van der Waals surface area contributed by atoms with Crippen LogP contribution >= 0.6 is 34.8 Å². The number of rotatable bonds is 8. The molecule has 1 N–H and O–H groups in total. The second kappa shape index (κ2) is 11.1. The minimum atomic E-state index is -4.35. The van der Waals surface area contributed by atoms with Gasteiger partial charge in [0.05, 0.1) is 40.5 Å². The minimum absolute atomic E-state index is 0.0123. The molecule has 2 aromatic carbocycles. The lowest BCUT2D eigenvalue weighted by molar-refractivity contribution is -0.138. The summed E-state index contributed by atoms with van der Waals surface area (Å²) in [6.45, 7) is 2.63. The molecule has 13 heteroatoms. The number of methoxy groups -OCH3 is 2. The highest BCUT2D eigenvalue weighted by Crippen LogP contribution is 2.38. The summed E-state index contributed by atoms with van der Waals surface area (Å²) in [5.41, 5.74) is -0.254. The van der Waals surface area contributed by atoms with E-state index in [9.17, 15) is 18.0 Å². The number of nitrogens with one attached hydrogen (secondary N) is 1. The van der Waals surface area contributed by atoms with Crippen LogP contribution in [-0.4, -0.2) is 58.6 Å². The molecule has 1 saturated heterocycles. The number of carbonyl (C=O) groups is 2. The zero-order valence-electron chi connectivity index (χ0n) is 19.1. The van der Waals surface area contributed by atoms with E-state index in [4.69, 9.17) is 49.0 Å². The molecule has 0 aliphatic carbocycles. The van der Waals surface area contributed by atoms with E-state index in [-0.39, 0.29) is 43.7 Å². The molecule has 0 bridgehead atoms. The Morgan fingerprint density at radius 1 is 0.943 bits per heavy atom. The maximum absolute atomic E-state index is 13.2. The number of hydrogen-bond donors (Lipinski definition) is 1. The zero-order chi connectivity index (χ0) is 25.9. The summed E-state index contributed by atoms with van der Waals surface area (Å²) in [5.74, 6) is -0.889. The summed E-state index contributed by atoms with van der Waals surface area (Å²) in [6, 6.07) is 4.81. The second-order valence-corrected chi connectivity index (χ2v) is 10.5. The molecule has 1 fully saturated rings. The first kappa shape index (κ1) is 27.2. The van der Waals surface area contributed by atoms with E-state index in [0.29, 0.717) is 13.1 Å². The Morgan fingerprint density at radius 3 is 2.17 bits per heavy atom. The van der Waals surface area contributed by atoms with Crippen molar-refractivity contribution in [2.75, 3.05) is 32.0 Å². The first-order valence-corrected chi connectivity index (χ1v) is 13.0. The van der Waals surface area contributed by atoms with E-state index in [1.807, 2.05) is 0 Å². The summed E-state index contributed by atoms with van der Waals surface area (Å²) < 4.78 is 44.3. The monoisotopic (exact) mass is 564 g/mol. The zero-order valence-corrected chi connectivity index (χ0v) is 22.1. The summed E-state index contributed by atoms with van der Waals surface area (Å²) >= 11 is 18.4. The number of sulfonamides is 1. The molecule has 9 nitrogen and oxygen atoms in total. The fourth-order valence-electron chi connectivity index (χ4n) is 3.50. The molecule has 2 aromatic rings. The van der Waals surface area contributed by atoms with Crippen molar-refractivity contribution in [3.63, 3.8) is 0 Å². The van der Waals surface area contributed by atoms with Gasteiger partial charge in [0, 0.05) is 19.2 Å². The topological polar surface area (TPSA) is 111 Å². The number of halogens is 3. The van der Waals surface area contributed by atoms with Crippen molar-refractivity contribution in [1.82, 2.24) is 4.90 Å². The molecule has 35 heavy (non-hydrogen) atoms. The fraction of sp³-hybridized carbons (Fsp3) is 0.364. The van der Waals surface area contributed by atoms with E-state index in [1.54, 1.807) is 4.90 Å². The molecule has 0 aromatic heterocycles. The lowest BCUT2D eigenvalue weighted by Crippen LogP contribution is -2.38. The van der Waals surface area contributed by atoms with Crippen LogP contribution in [0.1, 0.15) is 30.1 Å². The van der Waals surface area contributed by atoms with E-state index in [1.165, 1.54) is 33.3 Å². The number of likely N-dealkylation sites (tertiary alicyclic amines) is 1. The molecule has 1 amide bonds. The molecule has 0 spiro atoms. The molecule has 0 saturated carbocycles. The molecule has 1 aliphatic heterocycles. The number of amides is 1. The average Bonchev–Trinajstić information content (AvgIpc) is 3.33. The first-order chi connectivity index (χ1) is 16.5. The van der Waals surface area contributed by atoms with Gasteiger partial charge in [0.25, 0.3) is 15.9 Å². The predicted molar refractivity (Wildman–Crippen MR) is 133 cm³/mol. The van der Waals surface area contributed by atoms with E-state index in [0.717, 1.165) is 25.0 Å². The van der Waals surface area contributed by atoms with Crippen molar-refractivity contribution >= 4 is 62.4 Å². The number of anilines is 1. The molecule has 1 aliphatic rings. The Kier molecular flexibility index (Phi) is 8.63. The van der Waals surface area contributed by atoms with Crippen LogP contribution in [0.15, 0.2) is 29.2 Å². The molecule has 3 rings (SSSR count). The summed E-state index contributed by atoms with van der Waals surface area (Å²) in [7, 11) is -1.60. The van der Waals surface area contributed by atoms with Crippen molar-refractivity contribution < 1.29 is 32.2 Å². The van der Waals surface area contributed by atoms with Gasteiger partial charge in [-0.25, -0.2) is 13.2 Å². The van der Waals surface area contributed by atoms with Crippen molar-refractivity contribution in [2.24, 2.45) is 0 Å². The van der Waals surface area contributed by atoms with E-state index < -0.39 is 27.0 Å². The van der Waals surface area contributed by atoms with Crippen LogP contribution in [0.25, 0.3) is 0 Å². The van der Waals surface area contributed by atoms with Crippen LogP contribution in [0, 0.1) is 0 Å². The van der Waals surface area contributed by atoms with Gasteiger partial charge >= 0.3 is 5.97 Å². The maximum Gasteiger partial charge on any atom is 0.340 e. The molecular weight excluding hydrogens is 543 g/mol. The van der Waals surface area contributed by atoms with Gasteiger partial charge in [-0.2, -0.15) is 0 Å². The number of esters is 1. The van der Waals surface area contributed by atoms with Crippen LogP contribution in [0.3, 0.4) is 0 Å². The third kappa shape index (κ3) is 6.06. The maximum atomic E-state index is 13.2. The van der Waals surface area contributed by atoms with Gasteiger partial charge in [-0.05, 0) is 38.0 Å². The minimum Gasteiger partial charge on any atom is -0.495 e. The van der Waals surface area contributed by atoms with Gasteiger partial charge < -0.3 is 19.1 Å². The smallest absolute Gasteiger partial charge is 0.340 e. The van der Waals surface area contributed by atoms with Crippen molar-refractivity contribution in [2.45, 2.75) is 30.8 Å². The molecular formula is C22H23Cl3N2O7S. The van der Waals surface area contributed by atoms with Crippen LogP contribution in [0.5, 0.6) is 11.5 Å². The van der Waals surface area contributed by atoms with E-state index >= 15 is 0 Å². The Bertz CT molecular complexity index is 1250. The highest BCUT2D eigenvalue weighted by molar-refractivity contribution is 7.92. The normalized spacial score (nSPS) is 14.4. The number of carbonyl (C=O) groups excluding carboxylic acids is 2. The predicted octanol–water partition coefficient (Wildman–Crippen LogP) is 4.63. The van der Waals surface area contributed by atoms with Crippen LogP contribution in [0.4, 0.5) is 5.69 Å². The lowest BCUT2D eigenvalue weighted by atomic mass is 10.2. The van der Waals surface area contributed by atoms with Gasteiger partial charge in [0.1, 0.15) is 16.4 Å². The molecule has 0 radical (unpaired) electrons. The molecule has 1 atom stereocenters. The quantitative estimate of drug-likeness (QED) is 0.465. The van der Waals surface area contributed by atoms with Crippen LogP contribution < -0.4 is 14.2 Å². The fourth-order valence-corrected chi connectivity index (χ4v) is 5.65. The number of ether oxygens (including phenoxy) is 3. The number of hydrogen-bond acceptors (Lipinski definition) is 7. The van der Waals surface area contributed by atoms with Crippen molar-refractivity contribution in [3.05, 3.63) is 44.9 Å². The van der Waals surface area contributed by atoms with Gasteiger partial charge in [-0.1, -0.05) is 34.8 Å². The third-order valence-corrected chi connectivity index (χ3v) is 7.74. The Labute approximate surface area is 218 Å². The number of nitrogens with zero attached hydrogens (tertiary/aromatic N) is 1.